The van der Waals surface area contributed by atoms with Crippen LogP contribution in [0, 0.1) is 5.92 Å². The Morgan fingerprint density at radius 3 is 2.89 bits per heavy atom. The summed E-state index contributed by atoms with van der Waals surface area (Å²) in [4.78, 5) is 23.6. The third kappa shape index (κ3) is 4.65. The number of methoxy groups -OCH3 is 1. The van der Waals surface area contributed by atoms with Crippen molar-refractivity contribution in [3.05, 3.63) is 24.2 Å². The van der Waals surface area contributed by atoms with Crippen molar-refractivity contribution in [1.29, 1.82) is 0 Å². The van der Waals surface area contributed by atoms with Crippen LogP contribution in [0.25, 0.3) is 11.2 Å². The smallest absolute Gasteiger partial charge is 0.222 e. The Morgan fingerprint density at radius 2 is 2.19 bits per heavy atom. The van der Waals surface area contributed by atoms with Crippen LogP contribution in [0.4, 0.5) is 0 Å². The largest absolute Gasteiger partial charge is 0.396 e. The van der Waals surface area contributed by atoms with E-state index in [0.717, 1.165) is 55.8 Å². The number of amides is 1. The molecule has 0 unspecified atom stereocenters. The number of aliphatic hydroxyl groups excluding tert-OH is 1. The van der Waals surface area contributed by atoms with Gasteiger partial charge in [-0.05, 0) is 44.2 Å². The summed E-state index contributed by atoms with van der Waals surface area (Å²) in [7, 11) is 1.70. The van der Waals surface area contributed by atoms with Crippen molar-refractivity contribution >= 4 is 17.1 Å². The van der Waals surface area contributed by atoms with Gasteiger partial charge in [-0.2, -0.15) is 0 Å². The molecule has 2 aromatic heterocycles. The topological polar surface area (TPSA) is 80.5 Å². The molecule has 0 spiro atoms. The highest BCUT2D eigenvalue weighted by Gasteiger charge is 2.22. The van der Waals surface area contributed by atoms with Crippen LogP contribution in [0.3, 0.4) is 0 Å². The molecular weight excluding hydrogens is 344 g/mol. The number of hydrogen-bond donors (Lipinski definition) is 1. The van der Waals surface area contributed by atoms with Gasteiger partial charge >= 0.3 is 0 Å². The lowest BCUT2D eigenvalue weighted by molar-refractivity contribution is -0.132. The number of likely N-dealkylation sites (tertiary alicyclic amines) is 1. The minimum Gasteiger partial charge on any atom is -0.396 e. The average Bonchev–Trinajstić information content (AvgIpc) is 3.06. The van der Waals surface area contributed by atoms with Gasteiger partial charge < -0.3 is 19.3 Å². The van der Waals surface area contributed by atoms with Crippen molar-refractivity contribution in [2.24, 2.45) is 5.92 Å². The minimum absolute atomic E-state index is 0.137. The molecule has 1 aliphatic rings. The van der Waals surface area contributed by atoms with Gasteiger partial charge in [-0.25, -0.2) is 9.97 Å². The molecule has 7 heteroatoms. The van der Waals surface area contributed by atoms with E-state index in [2.05, 4.69) is 16.5 Å². The molecule has 0 saturated carbocycles. The maximum Gasteiger partial charge on any atom is 0.222 e. The van der Waals surface area contributed by atoms with E-state index in [1.807, 2.05) is 17.0 Å². The molecule has 0 aromatic carbocycles. The zero-order valence-corrected chi connectivity index (χ0v) is 16.3. The Labute approximate surface area is 160 Å². The molecule has 0 radical (unpaired) electrons. The molecule has 7 nitrogen and oxygen atoms in total. The second kappa shape index (κ2) is 9.28. The van der Waals surface area contributed by atoms with Gasteiger partial charge in [0, 0.05) is 45.8 Å². The van der Waals surface area contributed by atoms with E-state index in [0.29, 0.717) is 18.9 Å². The van der Waals surface area contributed by atoms with E-state index in [-0.39, 0.29) is 18.6 Å². The first kappa shape index (κ1) is 19.8. The number of carbonyl (C=O) groups excluding carboxylic acids is 1. The van der Waals surface area contributed by atoms with Crippen molar-refractivity contribution in [3.63, 3.8) is 0 Å². The Bertz CT molecular complexity index is 753. The third-order valence-corrected chi connectivity index (χ3v) is 5.39. The summed E-state index contributed by atoms with van der Waals surface area (Å²) in [6.45, 7) is 4.44. The Balaban J connectivity index is 1.61. The lowest BCUT2D eigenvalue weighted by Crippen LogP contribution is -2.39. The van der Waals surface area contributed by atoms with Gasteiger partial charge in [0.25, 0.3) is 0 Å². The molecule has 1 N–H and O–H groups in total. The summed E-state index contributed by atoms with van der Waals surface area (Å²) in [5, 5.41) is 9.23. The fraction of sp³-hybridized carbons (Fsp3) is 0.650. The summed E-state index contributed by atoms with van der Waals surface area (Å²) in [6.07, 6.45) is 5.62. The second-order valence-corrected chi connectivity index (χ2v) is 7.41. The van der Waals surface area contributed by atoms with Gasteiger partial charge in [0.15, 0.2) is 5.65 Å². The lowest BCUT2D eigenvalue weighted by Gasteiger charge is -2.31. The molecule has 3 heterocycles. The summed E-state index contributed by atoms with van der Waals surface area (Å²) in [5.41, 5.74) is 1.75. The van der Waals surface area contributed by atoms with Gasteiger partial charge in [-0.3, -0.25) is 4.79 Å². The first-order valence-corrected chi connectivity index (χ1v) is 9.83. The fourth-order valence-corrected chi connectivity index (χ4v) is 3.85. The SMILES string of the molecule is COC[C@H](C)n1c(CCCC(=O)N2CCC(CO)CC2)nc2cccnc21. The number of nitrogens with zero attached hydrogens (tertiary/aromatic N) is 4. The van der Waals surface area contributed by atoms with Gasteiger partial charge in [-0.15, -0.1) is 0 Å². The van der Waals surface area contributed by atoms with Crippen molar-refractivity contribution in [1.82, 2.24) is 19.4 Å². The maximum absolute atomic E-state index is 12.5. The molecule has 1 atom stereocenters. The number of aromatic nitrogens is 3. The highest BCUT2D eigenvalue weighted by molar-refractivity contribution is 5.76. The molecule has 27 heavy (non-hydrogen) atoms. The number of ether oxygens (including phenoxy) is 1. The minimum atomic E-state index is 0.137. The molecule has 1 fully saturated rings. The molecular formula is C20H30N4O3. The number of rotatable bonds is 8. The molecule has 2 aromatic rings. The van der Waals surface area contributed by atoms with Crippen molar-refractivity contribution in [2.75, 3.05) is 33.4 Å². The number of hydrogen-bond acceptors (Lipinski definition) is 5. The second-order valence-electron chi connectivity index (χ2n) is 7.41. The van der Waals surface area contributed by atoms with E-state index in [9.17, 15) is 9.90 Å². The normalized spacial score (nSPS) is 16.8. The highest BCUT2D eigenvalue weighted by atomic mass is 16.5. The Hall–Kier alpha value is -1.99. The monoisotopic (exact) mass is 374 g/mol. The number of fused-ring (bicyclic) bond motifs is 1. The molecule has 1 aliphatic heterocycles. The van der Waals surface area contributed by atoms with Crippen molar-refractivity contribution in [3.8, 4) is 0 Å². The van der Waals surface area contributed by atoms with Crippen LogP contribution >= 0.6 is 0 Å². The predicted octanol–water partition coefficient (Wildman–Crippen LogP) is 2.19. The first-order chi connectivity index (χ1) is 13.1. The van der Waals surface area contributed by atoms with Crippen LogP contribution in [-0.4, -0.2) is 63.9 Å². The van der Waals surface area contributed by atoms with E-state index < -0.39 is 0 Å². The quantitative estimate of drug-likeness (QED) is 0.766. The summed E-state index contributed by atoms with van der Waals surface area (Å²) in [6, 6.07) is 4.00. The molecule has 1 saturated heterocycles. The molecule has 1 amide bonds. The fourth-order valence-electron chi connectivity index (χ4n) is 3.85. The predicted molar refractivity (Wildman–Crippen MR) is 103 cm³/mol. The number of imidazole rings is 1. The van der Waals surface area contributed by atoms with Gasteiger partial charge in [0.1, 0.15) is 11.3 Å². The van der Waals surface area contributed by atoms with Crippen LogP contribution < -0.4 is 0 Å². The lowest BCUT2D eigenvalue weighted by atomic mass is 9.97. The van der Waals surface area contributed by atoms with Crippen LogP contribution in [0.2, 0.25) is 0 Å². The van der Waals surface area contributed by atoms with Crippen molar-refractivity contribution < 1.29 is 14.6 Å². The highest BCUT2D eigenvalue weighted by Crippen LogP contribution is 2.22. The van der Waals surface area contributed by atoms with E-state index in [1.165, 1.54) is 0 Å². The number of carbonyl (C=O) groups is 1. The standard InChI is InChI=1S/C20H30N4O3/c1-15(14-27-2)24-18(22-17-5-4-10-21-20(17)24)6-3-7-19(26)23-11-8-16(13-25)9-12-23/h4-5,10,15-16,25H,3,6-9,11-14H2,1-2H3/t15-/m0/s1. The van der Waals surface area contributed by atoms with Crippen LogP contribution in [0.5, 0.6) is 0 Å². The summed E-state index contributed by atoms with van der Waals surface area (Å²) < 4.78 is 7.45. The van der Waals surface area contributed by atoms with E-state index in [4.69, 9.17) is 9.72 Å². The zero-order chi connectivity index (χ0) is 19.2. The van der Waals surface area contributed by atoms with Gasteiger partial charge in [0.2, 0.25) is 5.91 Å². The van der Waals surface area contributed by atoms with Crippen LogP contribution in [-0.2, 0) is 16.0 Å². The summed E-state index contributed by atoms with van der Waals surface area (Å²) in [5.74, 6) is 1.51. The molecule has 148 valence electrons. The van der Waals surface area contributed by atoms with Crippen LogP contribution in [0.1, 0.15) is 44.5 Å². The molecule has 0 bridgehead atoms. The number of pyridine rings is 1. The average molecular weight is 374 g/mol. The van der Waals surface area contributed by atoms with Crippen molar-refractivity contribution in [2.45, 2.75) is 45.1 Å². The Morgan fingerprint density at radius 1 is 1.41 bits per heavy atom. The number of aryl methyl sites for hydroxylation is 1. The van der Waals surface area contributed by atoms with E-state index >= 15 is 0 Å². The van der Waals surface area contributed by atoms with Gasteiger partial charge in [0.05, 0.1) is 12.6 Å². The third-order valence-electron chi connectivity index (χ3n) is 5.39. The summed E-state index contributed by atoms with van der Waals surface area (Å²) >= 11 is 0. The molecule has 3 rings (SSSR count). The zero-order valence-electron chi connectivity index (χ0n) is 16.3. The Kier molecular flexibility index (Phi) is 6.79. The van der Waals surface area contributed by atoms with Gasteiger partial charge in [-0.1, -0.05) is 0 Å². The molecule has 0 aliphatic carbocycles. The number of piperidine rings is 1. The first-order valence-electron chi connectivity index (χ1n) is 9.83. The van der Waals surface area contributed by atoms with E-state index in [1.54, 1.807) is 13.3 Å². The maximum atomic E-state index is 12.5. The van der Waals surface area contributed by atoms with Crippen LogP contribution in [0.15, 0.2) is 18.3 Å². The number of aliphatic hydroxyl groups is 1.